The van der Waals surface area contributed by atoms with Crippen LogP contribution < -0.4 is 5.73 Å². The van der Waals surface area contributed by atoms with Crippen molar-refractivity contribution in [2.24, 2.45) is 0 Å². The van der Waals surface area contributed by atoms with Gasteiger partial charge in [-0.25, -0.2) is 4.98 Å². The SMILES string of the molecule is CCCN(CC(=O)OCC)C(=O)c1cc(N)cnc1Cl. The first kappa shape index (κ1) is 16.2. The monoisotopic (exact) mass is 299 g/mol. The molecule has 1 aromatic rings. The minimum absolute atomic E-state index is 0.0640. The Morgan fingerprint density at radius 2 is 2.15 bits per heavy atom. The van der Waals surface area contributed by atoms with Crippen molar-refractivity contribution in [3.05, 3.63) is 23.0 Å². The molecule has 0 aliphatic rings. The number of rotatable bonds is 6. The van der Waals surface area contributed by atoms with Gasteiger partial charge in [0.05, 0.1) is 24.1 Å². The third-order valence-corrected chi connectivity index (χ3v) is 2.80. The quantitative estimate of drug-likeness (QED) is 0.638. The summed E-state index contributed by atoms with van der Waals surface area (Å²) in [7, 11) is 0. The lowest BCUT2D eigenvalue weighted by Gasteiger charge is -2.21. The van der Waals surface area contributed by atoms with Gasteiger partial charge in [0.15, 0.2) is 0 Å². The van der Waals surface area contributed by atoms with Crippen molar-refractivity contribution in [1.82, 2.24) is 9.88 Å². The fourth-order valence-corrected chi connectivity index (χ4v) is 1.85. The summed E-state index contributed by atoms with van der Waals surface area (Å²) in [6.07, 6.45) is 2.08. The highest BCUT2D eigenvalue weighted by Crippen LogP contribution is 2.18. The predicted octanol–water partition coefficient (Wildman–Crippen LogP) is 1.73. The fraction of sp³-hybridized carbons (Fsp3) is 0.462. The number of carbonyl (C=O) groups excluding carboxylic acids is 2. The molecular weight excluding hydrogens is 282 g/mol. The van der Waals surface area contributed by atoms with Gasteiger partial charge >= 0.3 is 5.97 Å². The molecule has 7 heteroatoms. The molecule has 0 radical (unpaired) electrons. The van der Waals surface area contributed by atoms with Gasteiger partial charge in [0, 0.05) is 6.54 Å². The zero-order valence-electron chi connectivity index (χ0n) is 11.6. The summed E-state index contributed by atoms with van der Waals surface area (Å²) >= 11 is 5.90. The molecule has 6 nitrogen and oxygen atoms in total. The van der Waals surface area contributed by atoms with E-state index in [4.69, 9.17) is 22.1 Å². The molecule has 1 amide bonds. The Morgan fingerprint density at radius 3 is 2.75 bits per heavy atom. The fourth-order valence-electron chi connectivity index (χ4n) is 1.67. The number of carbonyl (C=O) groups is 2. The van der Waals surface area contributed by atoms with E-state index < -0.39 is 5.97 Å². The van der Waals surface area contributed by atoms with Gasteiger partial charge in [0.1, 0.15) is 11.7 Å². The second kappa shape index (κ2) is 7.69. The molecule has 110 valence electrons. The summed E-state index contributed by atoms with van der Waals surface area (Å²) in [4.78, 5) is 29.1. The maximum absolute atomic E-state index is 12.4. The number of nitrogens with zero attached hydrogens (tertiary/aromatic N) is 2. The van der Waals surface area contributed by atoms with Gasteiger partial charge in [0.2, 0.25) is 0 Å². The zero-order chi connectivity index (χ0) is 15.1. The van der Waals surface area contributed by atoms with Crippen LogP contribution in [0.1, 0.15) is 30.6 Å². The molecule has 0 saturated carbocycles. The second-order valence-electron chi connectivity index (χ2n) is 4.14. The van der Waals surface area contributed by atoms with E-state index in [1.807, 2.05) is 6.92 Å². The maximum Gasteiger partial charge on any atom is 0.325 e. The van der Waals surface area contributed by atoms with E-state index in [-0.39, 0.29) is 29.8 Å². The van der Waals surface area contributed by atoms with Crippen molar-refractivity contribution in [3.63, 3.8) is 0 Å². The Bertz CT molecular complexity index is 494. The molecule has 0 aliphatic carbocycles. The highest BCUT2D eigenvalue weighted by atomic mass is 35.5. The van der Waals surface area contributed by atoms with Gasteiger partial charge in [-0.1, -0.05) is 18.5 Å². The zero-order valence-corrected chi connectivity index (χ0v) is 12.3. The minimum atomic E-state index is -0.456. The van der Waals surface area contributed by atoms with Crippen molar-refractivity contribution in [3.8, 4) is 0 Å². The molecule has 0 saturated heterocycles. The summed E-state index contributed by atoms with van der Waals surface area (Å²) in [5, 5.41) is 0.0640. The van der Waals surface area contributed by atoms with E-state index in [0.29, 0.717) is 18.7 Å². The van der Waals surface area contributed by atoms with Gasteiger partial charge in [-0.3, -0.25) is 9.59 Å². The number of nitrogen functional groups attached to an aromatic ring is 1. The molecule has 1 heterocycles. The summed E-state index contributed by atoms with van der Waals surface area (Å²) < 4.78 is 4.85. The lowest BCUT2D eigenvalue weighted by Crippen LogP contribution is -2.37. The van der Waals surface area contributed by atoms with Crippen LogP contribution >= 0.6 is 11.6 Å². The van der Waals surface area contributed by atoms with Gasteiger partial charge in [-0.15, -0.1) is 0 Å². The lowest BCUT2D eigenvalue weighted by molar-refractivity contribution is -0.143. The van der Waals surface area contributed by atoms with Gasteiger partial charge < -0.3 is 15.4 Å². The number of pyridine rings is 1. The average molecular weight is 300 g/mol. The van der Waals surface area contributed by atoms with Crippen LogP contribution in [-0.2, 0) is 9.53 Å². The van der Waals surface area contributed by atoms with Gasteiger partial charge in [-0.05, 0) is 19.4 Å². The molecule has 0 aliphatic heterocycles. The molecule has 0 aromatic carbocycles. The number of amides is 1. The van der Waals surface area contributed by atoms with Crippen LogP contribution in [0, 0.1) is 0 Å². The van der Waals surface area contributed by atoms with Gasteiger partial charge in [-0.2, -0.15) is 0 Å². The normalized spacial score (nSPS) is 10.2. The van der Waals surface area contributed by atoms with Crippen molar-refractivity contribution in [2.75, 3.05) is 25.4 Å². The molecule has 0 fully saturated rings. The van der Waals surface area contributed by atoms with E-state index in [1.54, 1.807) is 6.92 Å². The van der Waals surface area contributed by atoms with Crippen LogP contribution in [-0.4, -0.2) is 41.5 Å². The van der Waals surface area contributed by atoms with Crippen LogP contribution in [0.15, 0.2) is 12.3 Å². The second-order valence-corrected chi connectivity index (χ2v) is 4.50. The van der Waals surface area contributed by atoms with E-state index in [0.717, 1.165) is 0 Å². The standard InChI is InChI=1S/C13H18ClN3O3/c1-3-5-17(8-11(18)20-4-2)13(19)10-6-9(15)7-16-12(10)14/h6-7H,3-5,8,15H2,1-2H3. The molecule has 0 spiro atoms. The molecule has 1 aromatic heterocycles. The van der Waals surface area contributed by atoms with Crippen LogP contribution in [0.5, 0.6) is 0 Å². The molecule has 0 atom stereocenters. The first-order valence-electron chi connectivity index (χ1n) is 6.35. The first-order chi connectivity index (χ1) is 9.49. The Morgan fingerprint density at radius 1 is 1.45 bits per heavy atom. The average Bonchev–Trinajstić information content (AvgIpc) is 2.40. The van der Waals surface area contributed by atoms with Crippen LogP contribution in [0.3, 0.4) is 0 Å². The number of aromatic nitrogens is 1. The molecule has 2 N–H and O–H groups in total. The third kappa shape index (κ3) is 4.38. The first-order valence-corrected chi connectivity index (χ1v) is 6.73. The molecule has 0 bridgehead atoms. The molecule has 1 rings (SSSR count). The van der Waals surface area contributed by atoms with E-state index >= 15 is 0 Å². The van der Waals surface area contributed by atoms with Crippen molar-refractivity contribution >= 4 is 29.2 Å². The molecule has 0 unspecified atom stereocenters. The van der Waals surface area contributed by atoms with Crippen molar-refractivity contribution in [1.29, 1.82) is 0 Å². The Kier molecular flexibility index (Phi) is 6.24. The van der Waals surface area contributed by atoms with E-state index in [2.05, 4.69) is 4.98 Å². The summed E-state index contributed by atoms with van der Waals surface area (Å²) in [5.41, 5.74) is 6.13. The summed E-state index contributed by atoms with van der Waals surface area (Å²) in [5.74, 6) is -0.841. The van der Waals surface area contributed by atoms with Crippen LogP contribution in [0.2, 0.25) is 5.15 Å². The number of hydrogen-bond acceptors (Lipinski definition) is 5. The summed E-state index contributed by atoms with van der Waals surface area (Å²) in [6, 6.07) is 1.45. The number of hydrogen-bond donors (Lipinski definition) is 1. The smallest absolute Gasteiger partial charge is 0.325 e. The highest BCUT2D eigenvalue weighted by molar-refractivity contribution is 6.32. The van der Waals surface area contributed by atoms with Crippen LogP contribution in [0.25, 0.3) is 0 Å². The predicted molar refractivity (Wildman–Crippen MR) is 76.5 cm³/mol. The highest BCUT2D eigenvalue weighted by Gasteiger charge is 2.21. The summed E-state index contributed by atoms with van der Waals surface area (Å²) in [6.45, 7) is 4.19. The number of esters is 1. The topological polar surface area (TPSA) is 85.5 Å². The molecular formula is C13H18ClN3O3. The Labute approximate surface area is 122 Å². The number of anilines is 1. The largest absolute Gasteiger partial charge is 0.465 e. The van der Waals surface area contributed by atoms with Crippen molar-refractivity contribution < 1.29 is 14.3 Å². The van der Waals surface area contributed by atoms with E-state index in [1.165, 1.54) is 17.2 Å². The van der Waals surface area contributed by atoms with Crippen molar-refractivity contribution in [2.45, 2.75) is 20.3 Å². The van der Waals surface area contributed by atoms with Gasteiger partial charge in [0.25, 0.3) is 5.91 Å². The Balaban J connectivity index is 2.93. The number of halogens is 1. The minimum Gasteiger partial charge on any atom is -0.465 e. The Hall–Kier alpha value is -1.82. The third-order valence-electron chi connectivity index (χ3n) is 2.50. The molecule has 20 heavy (non-hydrogen) atoms. The van der Waals surface area contributed by atoms with E-state index in [9.17, 15) is 9.59 Å². The number of ether oxygens (including phenoxy) is 1. The lowest BCUT2D eigenvalue weighted by atomic mass is 10.2. The maximum atomic E-state index is 12.4. The van der Waals surface area contributed by atoms with Crippen LogP contribution in [0.4, 0.5) is 5.69 Å². The number of nitrogens with two attached hydrogens (primary N) is 1.